The Kier molecular flexibility index (Phi) is 19.4. The highest BCUT2D eigenvalue weighted by Gasteiger charge is 2.53. The van der Waals surface area contributed by atoms with Gasteiger partial charge in [0, 0.05) is 0 Å². The number of amides is 1. The van der Waals surface area contributed by atoms with Crippen LogP contribution in [0.1, 0.15) is 84.0 Å². The molecule has 13 atom stereocenters. The standard InChI is InChI=1S/C32H56F3NO13/c1-2-3-4-5-6-7-8-9-10-11-12-13-14-15-18(39)21(36-31(46)32(33,34)35)23(41)29-26(44)25(43)28(20(17-38)47-29)49-30-27(45)24(42)22(40)19(16-37)48-30/h14-15,18-30,37-45H,2-13,16-17H2,1H3,(H,36,46)/b15-14+/t18-,19-,20-,21-,22+,23?,24+,25-,26-,27-,28-,29?,30+/m1/s1. The summed E-state index contributed by atoms with van der Waals surface area (Å²) in [6, 6.07) is -2.10. The van der Waals surface area contributed by atoms with Crippen molar-refractivity contribution in [2.75, 3.05) is 13.2 Å². The molecule has 10 N–H and O–H groups in total. The van der Waals surface area contributed by atoms with Crippen LogP contribution in [-0.2, 0) is 19.0 Å². The first-order valence-electron chi connectivity index (χ1n) is 17.2. The highest BCUT2D eigenvalue weighted by atomic mass is 19.4. The average Bonchev–Trinajstić information content (AvgIpc) is 3.06. The van der Waals surface area contributed by atoms with Gasteiger partial charge in [0.1, 0.15) is 61.0 Å². The van der Waals surface area contributed by atoms with Crippen molar-refractivity contribution in [2.24, 2.45) is 0 Å². The van der Waals surface area contributed by atoms with Crippen LogP contribution in [0.4, 0.5) is 13.2 Å². The fourth-order valence-electron chi connectivity index (χ4n) is 5.99. The molecular weight excluding hydrogens is 663 g/mol. The molecule has 0 aromatic rings. The summed E-state index contributed by atoms with van der Waals surface area (Å²) in [5.74, 6) is -2.50. The summed E-state index contributed by atoms with van der Waals surface area (Å²) in [4.78, 5) is 11.8. The predicted molar refractivity (Wildman–Crippen MR) is 167 cm³/mol. The SMILES string of the molecule is CCCCCCCCCCCCC/C=C/[C@@H](O)[C@@H](NC(=O)C(F)(F)F)C(O)C1O[C@H](CO)[C@@H](O[C@@H]2O[C@H](CO)[C@H](O)[C@H](O)[C@H]2O)[C@H](O)[C@H]1O. The Balaban J connectivity index is 2.04. The molecule has 2 saturated heterocycles. The summed E-state index contributed by atoms with van der Waals surface area (Å²) >= 11 is 0. The molecule has 0 aliphatic carbocycles. The van der Waals surface area contributed by atoms with Crippen LogP contribution in [0.5, 0.6) is 0 Å². The molecule has 2 heterocycles. The first-order valence-corrected chi connectivity index (χ1v) is 17.2. The molecule has 0 bridgehead atoms. The maximum absolute atomic E-state index is 13.2. The molecule has 2 rings (SSSR count). The van der Waals surface area contributed by atoms with Gasteiger partial charge in [0.2, 0.25) is 0 Å². The maximum Gasteiger partial charge on any atom is 0.471 e. The molecule has 0 spiro atoms. The molecule has 0 saturated carbocycles. The number of rotatable bonds is 21. The van der Waals surface area contributed by atoms with E-state index in [2.05, 4.69) is 6.92 Å². The second-order valence-electron chi connectivity index (χ2n) is 12.8. The van der Waals surface area contributed by atoms with Crippen molar-refractivity contribution in [3.05, 3.63) is 12.2 Å². The minimum atomic E-state index is -5.40. The van der Waals surface area contributed by atoms with E-state index in [-0.39, 0.29) is 0 Å². The van der Waals surface area contributed by atoms with Crippen LogP contribution in [0, 0.1) is 0 Å². The molecule has 2 unspecified atom stereocenters. The van der Waals surface area contributed by atoms with E-state index in [9.17, 15) is 63.9 Å². The number of hydrogen-bond donors (Lipinski definition) is 10. The lowest BCUT2D eigenvalue weighted by molar-refractivity contribution is -0.345. The number of carbonyl (C=O) groups excluding carboxylic acids is 1. The van der Waals surface area contributed by atoms with Crippen molar-refractivity contribution < 1.29 is 78.1 Å². The van der Waals surface area contributed by atoms with Gasteiger partial charge in [0.15, 0.2) is 6.29 Å². The third-order valence-electron chi connectivity index (χ3n) is 8.98. The zero-order valence-corrected chi connectivity index (χ0v) is 27.9. The Morgan fingerprint density at radius 1 is 0.776 bits per heavy atom. The summed E-state index contributed by atoms with van der Waals surface area (Å²) in [6.45, 7) is 0.389. The number of carbonyl (C=O) groups is 1. The van der Waals surface area contributed by atoms with Crippen molar-refractivity contribution in [1.29, 1.82) is 0 Å². The van der Waals surface area contributed by atoms with Gasteiger partial charge in [-0.2, -0.15) is 13.2 Å². The molecule has 2 fully saturated rings. The van der Waals surface area contributed by atoms with E-state index in [0.717, 1.165) is 38.2 Å². The lowest BCUT2D eigenvalue weighted by Gasteiger charge is -2.47. The number of aliphatic hydroxyl groups is 9. The van der Waals surface area contributed by atoms with E-state index in [0.29, 0.717) is 6.42 Å². The van der Waals surface area contributed by atoms with Crippen LogP contribution in [-0.4, -0.2) is 151 Å². The van der Waals surface area contributed by atoms with E-state index < -0.39 is 105 Å². The molecule has 0 radical (unpaired) electrons. The van der Waals surface area contributed by atoms with Gasteiger partial charge in [0.05, 0.1) is 25.4 Å². The van der Waals surface area contributed by atoms with Crippen molar-refractivity contribution in [1.82, 2.24) is 5.32 Å². The molecule has 17 heteroatoms. The average molecular weight is 720 g/mol. The van der Waals surface area contributed by atoms with Gasteiger partial charge in [-0.15, -0.1) is 0 Å². The summed E-state index contributed by atoms with van der Waals surface area (Å²) in [7, 11) is 0. The minimum absolute atomic E-state index is 0.453. The van der Waals surface area contributed by atoms with Gasteiger partial charge in [-0.3, -0.25) is 4.79 Å². The van der Waals surface area contributed by atoms with Crippen molar-refractivity contribution >= 4 is 5.91 Å². The zero-order valence-electron chi connectivity index (χ0n) is 27.9. The lowest BCUT2D eigenvalue weighted by atomic mass is 9.88. The Morgan fingerprint density at radius 3 is 1.86 bits per heavy atom. The number of allylic oxidation sites excluding steroid dienone is 1. The van der Waals surface area contributed by atoms with Crippen molar-refractivity contribution in [3.63, 3.8) is 0 Å². The zero-order chi connectivity index (χ0) is 36.7. The normalized spacial score (nSPS) is 33.0. The molecule has 49 heavy (non-hydrogen) atoms. The van der Waals surface area contributed by atoms with E-state index in [1.54, 1.807) is 0 Å². The molecule has 1 amide bonds. The number of aliphatic hydroxyl groups excluding tert-OH is 9. The molecule has 14 nitrogen and oxygen atoms in total. The van der Waals surface area contributed by atoms with Gasteiger partial charge in [-0.1, -0.05) is 83.3 Å². The monoisotopic (exact) mass is 719 g/mol. The first kappa shape index (κ1) is 43.7. The van der Waals surface area contributed by atoms with E-state index in [1.165, 1.54) is 49.9 Å². The third kappa shape index (κ3) is 13.2. The molecular formula is C32H56F3NO13. The summed E-state index contributed by atoms with van der Waals surface area (Å²) < 4.78 is 55.7. The smallest absolute Gasteiger partial charge is 0.394 e. The van der Waals surface area contributed by atoms with Gasteiger partial charge in [-0.05, 0) is 12.8 Å². The Labute approximate surface area is 284 Å². The third-order valence-corrected chi connectivity index (χ3v) is 8.98. The van der Waals surface area contributed by atoms with Gasteiger partial charge < -0.3 is 65.5 Å². The minimum Gasteiger partial charge on any atom is -0.394 e. The highest BCUT2D eigenvalue weighted by molar-refractivity contribution is 5.82. The molecule has 0 aromatic heterocycles. The number of nitrogens with one attached hydrogen (secondary N) is 1. The topological polar surface area (TPSA) is 239 Å². The van der Waals surface area contributed by atoms with Crippen LogP contribution in [0.3, 0.4) is 0 Å². The summed E-state index contributed by atoms with van der Waals surface area (Å²) in [6.07, 6.45) is -12.7. The van der Waals surface area contributed by atoms with Gasteiger partial charge in [-0.25, -0.2) is 0 Å². The highest BCUT2D eigenvalue weighted by Crippen LogP contribution is 2.31. The summed E-state index contributed by atoms with van der Waals surface area (Å²) in [5, 5.41) is 94.7. The van der Waals surface area contributed by atoms with Crippen LogP contribution in [0.15, 0.2) is 12.2 Å². The van der Waals surface area contributed by atoms with Crippen LogP contribution >= 0.6 is 0 Å². The van der Waals surface area contributed by atoms with E-state index >= 15 is 0 Å². The van der Waals surface area contributed by atoms with Gasteiger partial charge in [0.25, 0.3) is 0 Å². The fourth-order valence-corrected chi connectivity index (χ4v) is 5.99. The molecule has 2 aliphatic heterocycles. The quantitative estimate of drug-likeness (QED) is 0.0542. The Bertz CT molecular complexity index is 960. The summed E-state index contributed by atoms with van der Waals surface area (Å²) in [5.41, 5.74) is 0. The van der Waals surface area contributed by atoms with Crippen LogP contribution < -0.4 is 5.32 Å². The number of unbranched alkanes of at least 4 members (excludes halogenated alkanes) is 11. The fraction of sp³-hybridized carbons (Fsp3) is 0.906. The van der Waals surface area contributed by atoms with Crippen LogP contribution in [0.25, 0.3) is 0 Å². The number of ether oxygens (including phenoxy) is 3. The number of alkyl halides is 3. The van der Waals surface area contributed by atoms with E-state index in [4.69, 9.17) is 14.2 Å². The molecule has 288 valence electrons. The first-order chi connectivity index (χ1) is 23.2. The second kappa shape index (κ2) is 21.8. The Morgan fingerprint density at radius 2 is 1.33 bits per heavy atom. The molecule has 0 aromatic carbocycles. The van der Waals surface area contributed by atoms with Crippen molar-refractivity contribution in [3.8, 4) is 0 Å². The maximum atomic E-state index is 13.2. The second-order valence-corrected chi connectivity index (χ2v) is 12.8. The number of halogens is 3. The lowest BCUT2D eigenvalue weighted by Crippen LogP contribution is -2.68. The van der Waals surface area contributed by atoms with Crippen molar-refractivity contribution in [2.45, 2.75) is 170 Å². The number of hydrogen-bond acceptors (Lipinski definition) is 13. The van der Waals surface area contributed by atoms with Crippen LogP contribution in [0.2, 0.25) is 0 Å². The Hall–Kier alpha value is -1.48. The molecule has 2 aliphatic rings. The van der Waals surface area contributed by atoms with E-state index in [1.807, 2.05) is 0 Å². The van der Waals surface area contributed by atoms with Gasteiger partial charge >= 0.3 is 12.1 Å². The predicted octanol–water partition coefficient (Wildman–Crippen LogP) is -0.321. The largest absolute Gasteiger partial charge is 0.471 e.